The number of carbonyl (C=O) groups excluding carboxylic acids is 7. The Morgan fingerprint density at radius 3 is 2.21 bits per heavy atom. The molecular formula is C35H58N14O9. The summed E-state index contributed by atoms with van der Waals surface area (Å²) in [6.45, 7) is 0.576. The van der Waals surface area contributed by atoms with E-state index in [-0.39, 0.29) is 44.6 Å². The number of likely N-dealkylation sites (tertiary alicyclic amines) is 2. The van der Waals surface area contributed by atoms with Crippen molar-refractivity contribution in [1.29, 1.82) is 5.41 Å². The fraction of sp³-hybridized carbons (Fsp3) is 0.657. The van der Waals surface area contributed by atoms with Crippen molar-refractivity contribution in [1.82, 2.24) is 46.4 Å². The molecule has 322 valence electrons. The molecule has 3 heterocycles. The first-order valence-corrected chi connectivity index (χ1v) is 19.4. The number of H-pyrrole nitrogens is 1. The first-order valence-electron chi connectivity index (χ1n) is 19.4. The van der Waals surface area contributed by atoms with E-state index >= 15 is 0 Å². The van der Waals surface area contributed by atoms with Gasteiger partial charge >= 0.3 is 5.97 Å². The Balaban J connectivity index is 1.64. The Morgan fingerprint density at radius 1 is 0.862 bits per heavy atom. The van der Waals surface area contributed by atoms with Crippen LogP contribution in [0, 0.1) is 5.41 Å². The van der Waals surface area contributed by atoms with Crippen LogP contribution in [0.1, 0.15) is 76.3 Å². The average Bonchev–Trinajstić information content (AvgIpc) is 3.99. The van der Waals surface area contributed by atoms with Crippen LogP contribution in [-0.4, -0.2) is 147 Å². The second-order valence-corrected chi connectivity index (χ2v) is 14.3. The summed E-state index contributed by atoms with van der Waals surface area (Å²) in [6.07, 6.45) is 5.75. The van der Waals surface area contributed by atoms with Crippen molar-refractivity contribution in [3.8, 4) is 0 Å². The van der Waals surface area contributed by atoms with Crippen LogP contribution in [0.5, 0.6) is 0 Å². The van der Waals surface area contributed by atoms with Gasteiger partial charge in [-0.1, -0.05) is 0 Å². The Hall–Kier alpha value is -5.84. The maximum Gasteiger partial charge on any atom is 0.326 e. The highest BCUT2D eigenvalue weighted by molar-refractivity contribution is 5.97. The van der Waals surface area contributed by atoms with Gasteiger partial charge in [0, 0.05) is 38.7 Å². The van der Waals surface area contributed by atoms with E-state index in [1.165, 1.54) is 22.3 Å². The first-order chi connectivity index (χ1) is 27.6. The van der Waals surface area contributed by atoms with E-state index in [0.29, 0.717) is 70.3 Å². The number of nitrogens with one attached hydrogen (secondary N) is 7. The zero-order chi connectivity index (χ0) is 42.8. The number of hydrogen-bond donors (Lipinski definition) is 12. The predicted molar refractivity (Wildman–Crippen MR) is 207 cm³/mol. The zero-order valence-corrected chi connectivity index (χ0v) is 32.5. The molecular weight excluding hydrogens is 760 g/mol. The summed E-state index contributed by atoms with van der Waals surface area (Å²) in [7, 11) is 0. The number of imidazole rings is 1. The lowest BCUT2D eigenvalue weighted by Crippen LogP contribution is -2.57. The molecule has 2 fully saturated rings. The van der Waals surface area contributed by atoms with E-state index in [1.807, 2.05) is 0 Å². The van der Waals surface area contributed by atoms with Crippen LogP contribution < -0.4 is 49.5 Å². The SMILES string of the molecule is N=C(N)NCCC[C@H](N)C(=O)N1CCC[C@H]1C(=O)N1CCC[C@H]1C(=O)N[C@@H](CCC(N)=O)C(=O)NCC(=O)N[C@@H](Cc1c[nH]cn1)C(=O)N[C@@H](CCCCN)C(=O)O. The molecule has 23 heteroatoms. The third kappa shape index (κ3) is 14.6. The predicted octanol–water partition coefficient (Wildman–Crippen LogP) is -4.43. The van der Waals surface area contributed by atoms with Crippen molar-refractivity contribution < 1.29 is 43.5 Å². The zero-order valence-electron chi connectivity index (χ0n) is 32.5. The van der Waals surface area contributed by atoms with Crippen LogP contribution in [0.2, 0.25) is 0 Å². The summed E-state index contributed by atoms with van der Waals surface area (Å²) in [5.41, 5.74) is 22.7. The molecule has 6 atom stereocenters. The number of aromatic amines is 1. The highest BCUT2D eigenvalue weighted by atomic mass is 16.4. The van der Waals surface area contributed by atoms with E-state index in [1.54, 1.807) is 0 Å². The van der Waals surface area contributed by atoms with Gasteiger partial charge in [-0.05, 0) is 70.8 Å². The number of nitrogens with two attached hydrogens (primary N) is 4. The van der Waals surface area contributed by atoms with E-state index in [9.17, 15) is 43.5 Å². The van der Waals surface area contributed by atoms with Crippen molar-refractivity contribution in [2.45, 2.75) is 113 Å². The number of aromatic nitrogens is 2. The second-order valence-electron chi connectivity index (χ2n) is 14.3. The molecule has 2 saturated heterocycles. The smallest absolute Gasteiger partial charge is 0.326 e. The number of carbonyl (C=O) groups is 8. The summed E-state index contributed by atoms with van der Waals surface area (Å²) >= 11 is 0. The number of amides is 7. The van der Waals surface area contributed by atoms with Gasteiger partial charge in [0.15, 0.2) is 5.96 Å². The van der Waals surface area contributed by atoms with Crippen molar-refractivity contribution in [3.05, 3.63) is 18.2 Å². The van der Waals surface area contributed by atoms with Gasteiger partial charge in [0.25, 0.3) is 0 Å². The number of carboxylic acids is 1. The highest BCUT2D eigenvalue weighted by Crippen LogP contribution is 2.26. The van der Waals surface area contributed by atoms with Crippen molar-refractivity contribution in [2.75, 3.05) is 32.7 Å². The summed E-state index contributed by atoms with van der Waals surface area (Å²) in [4.78, 5) is 114. The van der Waals surface area contributed by atoms with Gasteiger partial charge in [-0.25, -0.2) is 9.78 Å². The quantitative estimate of drug-likeness (QED) is 0.0266. The van der Waals surface area contributed by atoms with Gasteiger partial charge in [-0.15, -0.1) is 0 Å². The lowest BCUT2D eigenvalue weighted by Gasteiger charge is -2.32. The second kappa shape index (κ2) is 23.4. The van der Waals surface area contributed by atoms with E-state index in [0.717, 1.165) is 0 Å². The Labute approximate surface area is 335 Å². The molecule has 0 spiro atoms. The molecule has 2 aliphatic heterocycles. The molecule has 0 unspecified atom stereocenters. The molecule has 0 aromatic carbocycles. The van der Waals surface area contributed by atoms with Crippen molar-refractivity contribution in [2.24, 2.45) is 22.9 Å². The van der Waals surface area contributed by atoms with Gasteiger partial charge in [-0.2, -0.15) is 0 Å². The largest absolute Gasteiger partial charge is 0.480 e. The van der Waals surface area contributed by atoms with Gasteiger partial charge in [0.1, 0.15) is 30.2 Å². The number of rotatable bonds is 24. The molecule has 16 N–H and O–H groups in total. The Morgan fingerprint density at radius 2 is 1.57 bits per heavy atom. The van der Waals surface area contributed by atoms with Gasteiger partial charge in [-0.3, -0.25) is 39.0 Å². The van der Waals surface area contributed by atoms with Crippen LogP contribution in [0.3, 0.4) is 0 Å². The summed E-state index contributed by atoms with van der Waals surface area (Å²) in [6, 6.07) is -6.58. The number of carboxylic acid groups (broad SMARTS) is 1. The molecule has 3 rings (SSSR count). The van der Waals surface area contributed by atoms with Crippen LogP contribution in [0.4, 0.5) is 0 Å². The average molecular weight is 819 g/mol. The number of unbranched alkanes of at least 4 members (excludes halogenated alkanes) is 1. The molecule has 0 radical (unpaired) electrons. The Bertz CT molecular complexity index is 1610. The molecule has 1 aromatic heterocycles. The number of nitrogens with zero attached hydrogens (tertiary/aromatic N) is 3. The first kappa shape index (κ1) is 46.5. The molecule has 58 heavy (non-hydrogen) atoms. The van der Waals surface area contributed by atoms with Gasteiger partial charge in [0.05, 0.1) is 24.6 Å². The fourth-order valence-electron chi connectivity index (χ4n) is 6.87. The normalized spacial score (nSPS) is 18.3. The molecule has 0 bridgehead atoms. The number of primary amides is 1. The maximum atomic E-state index is 13.8. The van der Waals surface area contributed by atoms with Crippen LogP contribution in [0.15, 0.2) is 12.5 Å². The molecule has 2 aliphatic rings. The van der Waals surface area contributed by atoms with E-state index in [4.69, 9.17) is 28.3 Å². The van der Waals surface area contributed by atoms with Crippen molar-refractivity contribution in [3.63, 3.8) is 0 Å². The number of hydrogen-bond acceptors (Lipinski definition) is 12. The highest BCUT2D eigenvalue weighted by Gasteiger charge is 2.43. The third-order valence-electron chi connectivity index (χ3n) is 9.90. The van der Waals surface area contributed by atoms with Crippen LogP contribution in [0.25, 0.3) is 0 Å². The molecule has 1 aromatic rings. The van der Waals surface area contributed by atoms with Crippen LogP contribution in [-0.2, 0) is 44.8 Å². The van der Waals surface area contributed by atoms with E-state index in [2.05, 4.69) is 36.6 Å². The maximum absolute atomic E-state index is 13.8. The third-order valence-corrected chi connectivity index (χ3v) is 9.90. The van der Waals surface area contributed by atoms with Gasteiger partial charge < -0.3 is 69.4 Å². The number of guanidine groups is 1. The van der Waals surface area contributed by atoms with Crippen LogP contribution >= 0.6 is 0 Å². The lowest BCUT2D eigenvalue weighted by atomic mass is 10.1. The number of aliphatic carboxylic acids is 1. The molecule has 7 amide bonds. The minimum Gasteiger partial charge on any atom is -0.480 e. The van der Waals surface area contributed by atoms with Crippen molar-refractivity contribution >= 4 is 53.3 Å². The minimum atomic E-state index is -1.35. The monoisotopic (exact) mass is 818 g/mol. The standard InChI is InChI=1S/C35H58N14O9/c36-12-2-1-7-23(34(57)58)47-30(53)24(16-20-17-41-19-44-20)45-28(51)18-43-29(52)22(10-11-27(38)50)46-31(54)25-8-4-14-48(25)33(56)26-9-5-15-49(26)32(55)21(37)6-3-13-42-35(39)40/h17,19,21-26H,1-16,18,36-37H2,(H2,38,50)(H,41,44)(H,43,52)(H,45,51)(H,46,54)(H,47,53)(H,57,58)(H4,39,40,42)/t21-,22-,23-,24-,25-,26-/m0/s1. The van der Waals surface area contributed by atoms with E-state index < -0.39 is 90.1 Å². The Kier molecular flexibility index (Phi) is 18.8. The fourth-order valence-corrected chi connectivity index (χ4v) is 6.87. The summed E-state index contributed by atoms with van der Waals surface area (Å²) in [5.74, 6) is -6.19. The lowest BCUT2D eigenvalue weighted by molar-refractivity contribution is -0.147. The summed E-state index contributed by atoms with van der Waals surface area (Å²) < 4.78 is 0. The topological polar surface area (TPSA) is 380 Å². The van der Waals surface area contributed by atoms with Gasteiger partial charge in [0.2, 0.25) is 41.4 Å². The molecule has 0 aliphatic carbocycles. The molecule has 23 nitrogen and oxygen atoms in total. The summed E-state index contributed by atoms with van der Waals surface area (Å²) in [5, 5.41) is 29.4. The minimum absolute atomic E-state index is 0.110. The molecule has 0 saturated carbocycles.